The Kier molecular flexibility index (Phi) is 5.75. The van der Waals surface area contributed by atoms with E-state index in [0.29, 0.717) is 41.9 Å². The molecule has 1 aliphatic rings. The van der Waals surface area contributed by atoms with Crippen molar-refractivity contribution in [3.05, 3.63) is 75.6 Å². The third kappa shape index (κ3) is 4.02. The SMILES string of the molecule is Cc1ccc(S(=O)(=O)N2CCN(c3cc(=O)n4nc(-c5ccccc5C)sc4n3)CC2)c(C)c1. The van der Waals surface area contributed by atoms with Gasteiger partial charge in [-0.25, -0.2) is 13.4 Å². The van der Waals surface area contributed by atoms with Crippen LogP contribution in [0.25, 0.3) is 15.5 Å². The minimum atomic E-state index is -3.58. The second kappa shape index (κ2) is 8.61. The number of aryl methyl sites for hydroxylation is 3. The molecule has 0 saturated carbocycles. The predicted octanol–water partition coefficient (Wildman–Crippen LogP) is 3.25. The fraction of sp³-hybridized carbons (Fsp3) is 0.292. The van der Waals surface area contributed by atoms with Gasteiger partial charge in [-0.3, -0.25) is 4.79 Å². The van der Waals surface area contributed by atoms with E-state index in [1.54, 1.807) is 6.07 Å². The maximum Gasteiger partial charge on any atom is 0.277 e. The largest absolute Gasteiger partial charge is 0.354 e. The first-order chi connectivity index (χ1) is 16.2. The van der Waals surface area contributed by atoms with Crippen LogP contribution in [0.15, 0.2) is 58.2 Å². The Bertz CT molecular complexity index is 1550. The lowest BCUT2D eigenvalue weighted by Crippen LogP contribution is -2.49. The van der Waals surface area contributed by atoms with E-state index in [2.05, 4.69) is 10.1 Å². The monoisotopic (exact) mass is 495 g/mol. The van der Waals surface area contributed by atoms with Crippen LogP contribution in [0.2, 0.25) is 0 Å². The van der Waals surface area contributed by atoms with Crippen LogP contribution in [0.3, 0.4) is 0 Å². The number of nitrogens with zero attached hydrogens (tertiary/aromatic N) is 5. The maximum atomic E-state index is 13.2. The van der Waals surface area contributed by atoms with Gasteiger partial charge in [-0.15, -0.1) is 0 Å². The van der Waals surface area contributed by atoms with Crippen molar-refractivity contribution in [2.45, 2.75) is 25.7 Å². The molecule has 5 rings (SSSR count). The third-order valence-corrected chi connectivity index (χ3v) is 9.12. The minimum absolute atomic E-state index is 0.249. The molecule has 0 unspecified atom stereocenters. The summed E-state index contributed by atoms with van der Waals surface area (Å²) in [6.45, 7) is 7.34. The molecule has 8 nitrogen and oxygen atoms in total. The van der Waals surface area contributed by atoms with Gasteiger partial charge < -0.3 is 4.90 Å². The average Bonchev–Trinajstić information content (AvgIpc) is 3.24. The van der Waals surface area contributed by atoms with Gasteiger partial charge in [0.05, 0.1) is 4.90 Å². The summed E-state index contributed by atoms with van der Waals surface area (Å²) in [4.78, 5) is 20.3. The number of benzene rings is 2. The zero-order chi connectivity index (χ0) is 24.0. The topological polar surface area (TPSA) is 87.9 Å². The average molecular weight is 496 g/mol. The van der Waals surface area contributed by atoms with Crippen LogP contribution in [0.1, 0.15) is 16.7 Å². The molecule has 0 aliphatic carbocycles. The molecule has 2 aromatic carbocycles. The number of hydrogen-bond donors (Lipinski definition) is 0. The molecule has 1 fully saturated rings. The number of hydrogen-bond acceptors (Lipinski definition) is 7. The van der Waals surface area contributed by atoms with Gasteiger partial charge in [0, 0.05) is 37.8 Å². The summed E-state index contributed by atoms with van der Waals surface area (Å²) in [5.74, 6) is 0.550. The summed E-state index contributed by atoms with van der Waals surface area (Å²) in [6, 6.07) is 14.8. The Hall–Kier alpha value is -3.08. The first kappa shape index (κ1) is 22.7. The highest BCUT2D eigenvalue weighted by Crippen LogP contribution is 2.28. The van der Waals surface area contributed by atoms with Crippen LogP contribution in [0.4, 0.5) is 5.82 Å². The summed E-state index contributed by atoms with van der Waals surface area (Å²) >= 11 is 1.37. The zero-order valence-electron chi connectivity index (χ0n) is 19.2. The highest BCUT2D eigenvalue weighted by atomic mass is 32.2. The van der Waals surface area contributed by atoms with Gasteiger partial charge in [0.2, 0.25) is 15.0 Å². The molecule has 3 heterocycles. The van der Waals surface area contributed by atoms with Crippen LogP contribution in [0.5, 0.6) is 0 Å². The summed E-state index contributed by atoms with van der Waals surface area (Å²) in [7, 11) is -3.58. The molecule has 1 aliphatic heterocycles. The van der Waals surface area contributed by atoms with E-state index in [0.717, 1.165) is 27.3 Å². The molecule has 0 N–H and O–H groups in total. The molecular formula is C24H25N5O3S2. The third-order valence-electron chi connectivity index (χ3n) is 6.12. The lowest BCUT2D eigenvalue weighted by molar-refractivity contribution is 0.383. The number of aromatic nitrogens is 3. The van der Waals surface area contributed by atoms with Crippen molar-refractivity contribution in [3.63, 3.8) is 0 Å². The maximum absolute atomic E-state index is 13.2. The smallest absolute Gasteiger partial charge is 0.277 e. The van der Waals surface area contributed by atoms with Crippen molar-refractivity contribution in [2.24, 2.45) is 0 Å². The minimum Gasteiger partial charge on any atom is -0.354 e. The number of anilines is 1. The molecular weight excluding hydrogens is 470 g/mol. The number of rotatable bonds is 4. The van der Waals surface area contributed by atoms with E-state index in [1.807, 2.05) is 62.1 Å². The van der Waals surface area contributed by atoms with E-state index in [9.17, 15) is 13.2 Å². The van der Waals surface area contributed by atoms with Crippen molar-refractivity contribution < 1.29 is 8.42 Å². The van der Waals surface area contributed by atoms with Gasteiger partial charge in [0.25, 0.3) is 5.56 Å². The quantitative estimate of drug-likeness (QED) is 0.432. The van der Waals surface area contributed by atoms with Gasteiger partial charge >= 0.3 is 0 Å². The van der Waals surface area contributed by atoms with E-state index in [-0.39, 0.29) is 5.56 Å². The molecule has 0 spiro atoms. The standard InChI is InChI=1S/C24H25N5O3S2/c1-16-8-9-20(18(3)14-16)34(31,32)28-12-10-27(11-13-28)21-15-22(30)29-24(25-21)33-23(26-29)19-7-5-4-6-17(19)2/h4-9,14-15H,10-13H2,1-3H3. The fourth-order valence-corrected chi connectivity index (χ4v) is 6.89. The number of sulfonamides is 1. The van der Waals surface area contributed by atoms with Gasteiger partial charge in [-0.05, 0) is 38.0 Å². The predicted molar refractivity (Wildman–Crippen MR) is 134 cm³/mol. The molecule has 0 amide bonds. The number of piperazine rings is 1. The van der Waals surface area contributed by atoms with Crippen LogP contribution >= 0.6 is 11.3 Å². The summed E-state index contributed by atoms with van der Waals surface area (Å²) < 4.78 is 29.2. The molecule has 34 heavy (non-hydrogen) atoms. The van der Waals surface area contributed by atoms with Crippen LogP contribution in [0, 0.1) is 20.8 Å². The molecule has 0 radical (unpaired) electrons. The molecule has 0 atom stereocenters. The van der Waals surface area contributed by atoms with Gasteiger partial charge in [0.15, 0.2) is 0 Å². The van der Waals surface area contributed by atoms with E-state index >= 15 is 0 Å². The number of fused-ring (bicyclic) bond motifs is 1. The zero-order valence-corrected chi connectivity index (χ0v) is 20.9. The van der Waals surface area contributed by atoms with Crippen LogP contribution < -0.4 is 10.5 Å². The Morgan fingerprint density at radius 2 is 1.65 bits per heavy atom. The van der Waals surface area contributed by atoms with E-state index in [1.165, 1.54) is 26.2 Å². The second-order valence-electron chi connectivity index (χ2n) is 8.53. The van der Waals surface area contributed by atoms with Crippen LogP contribution in [-0.2, 0) is 10.0 Å². The van der Waals surface area contributed by atoms with Crippen molar-refractivity contribution in [3.8, 4) is 10.6 Å². The highest BCUT2D eigenvalue weighted by molar-refractivity contribution is 7.89. The van der Waals surface area contributed by atoms with Crippen molar-refractivity contribution >= 4 is 32.1 Å². The molecule has 10 heteroatoms. The summed E-state index contributed by atoms with van der Waals surface area (Å²) in [5, 5.41) is 5.22. The molecule has 4 aromatic rings. The van der Waals surface area contributed by atoms with Crippen LogP contribution in [-0.4, -0.2) is 53.5 Å². The normalized spacial score (nSPS) is 15.2. The molecule has 2 aromatic heterocycles. The van der Waals surface area contributed by atoms with Gasteiger partial charge in [-0.2, -0.15) is 13.9 Å². The van der Waals surface area contributed by atoms with Gasteiger partial charge in [0.1, 0.15) is 10.8 Å². The first-order valence-corrected chi connectivity index (χ1v) is 13.3. The van der Waals surface area contributed by atoms with Gasteiger partial charge in [-0.1, -0.05) is 53.3 Å². The molecule has 176 valence electrons. The van der Waals surface area contributed by atoms with Crippen molar-refractivity contribution in [1.82, 2.24) is 18.9 Å². The summed E-state index contributed by atoms with van der Waals surface area (Å²) in [6.07, 6.45) is 0. The lowest BCUT2D eigenvalue weighted by atomic mass is 10.1. The lowest BCUT2D eigenvalue weighted by Gasteiger charge is -2.34. The van der Waals surface area contributed by atoms with E-state index < -0.39 is 10.0 Å². The Labute approximate surface area is 202 Å². The Morgan fingerprint density at radius 3 is 2.35 bits per heavy atom. The first-order valence-electron chi connectivity index (χ1n) is 11.0. The van der Waals surface area contributed by atoms with Crippen molar-refractivity contribution in [2.75, 3.05) is 31.1 Å². The Balaban J connectivity index is 1.38. The summed E-state index contributed by atoms with van der Waals surface area (Å²) in [5.41, 5.74) is 3.58. The second-order valence-corrected chi connectivity index (χ2v) is 11.4. The molecule has 1 saturated heterocycles. The molecule has 0 bridgehead atoms. The Morgan fingerprint density at radius 1 is 0.912 bits per heavy atom. The van der Waals surface area contributed by atoms with Crippen molar-refractivity contribution in [1.29, 1.82) is 0 Å². The fourth-order valence-electron chi connectivity index (χ4n) is 4.27. The highest BCUT2D eigenvalue weighted by Gasteiger charge is 2.30. The van der Waals surface area contributed by atoms with E-state index in [4.69, 9.17) is 0 Å².